The van der Waals surface area contributed by atoms with Crippen LogP contribution in [0.25, 0.3) is 0 Å². The predicted molar refractivity (Wildman–Crippen MR) is 43.4 cm³/mol. The third-order valence-corrected chi connectivity index (χ3v) is 1.79. The highest BCUT2D eigenvalue weighted by Gasteiger charge is 2.19. The molecule has 0 aliphatic carbocycles. The minimum atomic E-state index is -0.0344. The van der Waals surface area contributed by atoms with E-state index in [2.05, 4.69) is 14.2 Å². The van der Waals surface area contributed by atoms with Crippen LogP contribution in [0.5, 0.6) is 5.19 Å². The van der Waals surface area contributed by atoms with Crippen LogP contribution in [0.2, 0.25) is 0 Å². The summed E-state index contributed by atoms with van der Waals surface area (Å²) < 4.78 is 4.08. The van der Waals surface area contributed by atoms with Gasteiger partial charge >= 0.3 is 5.19 Å². The van der Waals surface area contributed by atoms with E-state index in [0.29, 0.717) is 5.19 Å². The normalized spacial score (nSPS) is 11.6. The van der Waals surface area contributed by atoms with Gasteiger partial charge in [-0.25, -0.2) is 0 Å². The van der Waals surface area contributed by atoms with Crippen molar-refractivity contribution in [3.05, 3.63) is 5.82 Å². The summed E-state index contributed by atoms with van der Waals surface area (Å²) >= 11 is 1.17. The predicted octanol–water partition coefficient (Wildman–Crippen LogP) is 1.09. The Kier molecular flexibility index (Phi) is 2.10. The van der Waals surface area contributed by atoms with Gasteiger partial charge in [0.2, 0.25) is 0 Å². The molecule has 0 saturated carbocycles. The first kappa shape index (κ1) is 8.42. The van der Waals surface area contributed by atoms with E-state index in [9.17, 15) is 0 Å². The standard InChI is InChI=1S/C6H11N3OS/c1-6(2,3)4-8-5(10-7)11-9-4/h7H2,1-3H3. The first-order valence-corrected chi connectivity index (χ1v) is 4.02. The van der Waals surface area contributed by atoms with Crippen LogP contribution in [0, 0.1) is 0 Å². The first-order valence-electron chi connectivity index (χ1n) is 3.25. The van der Waals surface area contributed by atoms with Crippen molar-refractivity contribution in [2.24, 2.45) is 5.90 Å². The summed E-state index contributed by atoms with van der Waals surface area (Å²) in [5.41, 5.74) is -0.0344. The largest absolute Gasteiger partial charge is 0.378 e. The molecule has 0 fully saturated rings. The smallest absolute Gasteiger partial charge is 0.313 e. The fourth-order valence-electron chi connectivity index (χ4n) is 0.562. The van der Waals surface area contributed by atoms with Gasteiger partial charge in [0.25, 0.3) is 0 Å². The summed E-state index contributed by atoms with van der Waals surface area (Å²) in [6.07, 6.45) is 0. The maximum Gasteiger partial charge on any atom is 0.313 e. The van der Waals surface area contributed by atoms with Crippen molar-refractivity contribution in [2.75, 3.05) is 0 Å². The lowest BCUT2D eigenvalue weighted by Crippen LogP contribution is -2.13. The summed E-state index contributed by atoms with van der Waals surface area (Å²) in [6.45, 7) is 6.11. The van der Waals surface area contributed by atoms with E-state index in [1.165, 1.54) is 11.5 Å². The number of rotatable bonds is 1. The highest BCUT2D eigenvalue weighted by atomic mass is 32.1. The third-order valence-electron chi connectivity index (χ3n) is 1.18. The maximum absolute atomic E-state index is 4.91. The molecule has 0 aromatic carbocycles. The summed E-state index contributed by atoms with van der Waals surface area (Å²) in [5, 5.41) is 0.412. The van der Waals surface area contributed by atoms with Crippen molar-refractivity contribution in [3.8, 4) is 5.19 Å². The Bertz CT molecular complexity index is 240. The number of nitrogens with zero attached hydrogens (tertiary/aromatic N) is 2. The zero-order chi connectivity index (χ0) is 8.48. The van der Waals surface area contributed by atoms with E-state index >= 15 is 0 Å². The molecule has 1 rings (SSSR count). The van der Waals surface area contributed by atoms with E-state index in [1.807, 2.05) is 20.8 Å². The average molecular weight is 173 g/mol. The molecule has 1 aromatic heterocycles. The highest BCUT2D eigenvalue weighted by molar-refractivity contribution is 7.07. The molecule has 0 aliphatic heterocycles. The Labute approximate surface area is 69.5 Å². The van der Waals surface area contributed by atoms with Crippen LogP contribution in [0.15, 0.2) is 0 Å². The summed E-state index contributed by atoms with van der Waals surface area (Å²) in [7, 11) is 0. The lowest BCUT2D eigenvalue weighted by Gasteiger charge is -2.11. The van der Waals surface area contributed by atoms with E-state index in [1.54, 1.807) is 0 Å². The zero-order valence-corrected chi connectivity index (χ0v) is 7.60. The van der Waals surface area contributed by atoms with Gasteiger partial charge in [-0.3, -0.25) is 0 Å². The minimum absolute atomic E-state index is 0.0344. The molecule has 1 aromatic rings. The van der Waals surface area contributed by atoms with Crippen molar-refractivity contribution in [2.45, 2.75) is 26.2 Å². The number of aromatic nitrogens is 2. The van der Waals surface area contributed by atoms with E-state index in [-0.39, 0.29) is 5.41 Å². The second kappa shape index (κ2) is 2.75. The fraction of sp³-hybridized carbons (Fsp3) is 0.667. The van der Waals surface area contributed by atoms with Crippen molar-refractivity contribution in [1.29, 1.82) is 0 Å². The lowest BCUT2D eigenvalue weighted by atomic mass is 9.96. The molecule has 4 nitrogen and oxygen atoms in total. The second-order valence-electron chi connectivity index (χ2n) is 3.25. The third kappa shape index (κ3) is 1.87. The monoisotopic (exact) mass is 173 g/mol. The van der Waals surface area contributed by atoms with Gasteiger partial charge in [0.05, 0.1) is 0 Å². The van der Waals surface area contributed by atoms with E-state index in [4.69, 9.17) is 5.90 Å². The van der Waals surface area contributed by atoms with Crippen LogP contribution in [0.1, 0.15) is 26.6 Å². The SMILES string of the molecule is CC(C)(C)c1nsc(ON)n1. The molecule has 62 valence electrons. The molecule has 0 unspecified atom stereocenters. The Morgan fingerprint density at radius 2 is 2.09 bits per heavy atom. The number of nitrogens with two attached hydrogens (primary N) is 1. The van der Waals surface area contributed by atoms with Crippen LogP contribution < -0.4 is 10.7 Å². The molecule has 0 radical (unpaired) electrons. The van der Waals surface area contributed by atoms with Crippen molar-refractivity contribution in [1.82, 2.24) is 9.36 Å². The summed E-state index contributed by atoms with van der Waals surface area (Å²) in [5.74, 6) is 5.68. The van der Waals surface area contributed by atoms with Gasteiger partial charge in [-0.15, -0.1) is 0 Å². The van der Waals surface area contributed by atoms with Crippen LogP contribution >= 0.6 is 11.5 Å². The highest BCUT2D eigenvalue weighted by Crippen LogP contribution is 2.23. The molecule has 1 heterocycles. The molecular formula is C6H11N3OS. The Morgan fingerprint density at radius 1 is 1.45 bits per heavy atom. The molecule has 0 bridgehead atoms. The Hall–Kier alpha value is -0.680. The molecule has 2 N–H and O–H groups in total. The molecule has 0 aliphatic rings. The van der Waals surface area contributed by atoms with Crippen LogP contribution in [0.4, 0.5) is 0 Å². The summed E-state index contributed by atoms with van der Waals surface area (Å²) in [4.78, 5) is 8.50. The van der Waals surface area contributed by atoms with Gasteiger partial charge in [0.15, 0.2) is 5.82 Å². The van der Waals surface area contributed by atoms with Gasteiger partial charge in [-0.2, -0.15) is 15.3 Å². The van der Waals surface area contributed by atoms with Crippen LogP contribution in [-0.4, -0.2) is 9.36 Å². The Balaban J connectivity index is 2.89. The van der Waals surface area contributed by atoms with Crippen LogP contribution in [0.3, 0.4) is 0 Å². The molecule has 0 spiro atoms. The van der Waals surface area contributed by atoms with Gasteiger partial charge in [0, 0.05) is 16.9 Å². The van der Waals surface area contributed by atoms with Gasteiger partial charge in [-0.1, -0.05) is 20.8 Å². The van der Waals surface area contributed by atoms with E-state index in [0.717, 1.165) is 5.82 Å². The van der Waals surface area contributed by atoms with Crippen molar-refractivity contribution >= 4 is 11.5 Å². The molecular weight excluding hydrogens is 162 g/mol. The first-order chi connectivity index (χ1) is 5.04. The molecule has 0 amide bonds. The Morgan fingerprint density at radius 3 is 2.36 bits per heavy atom. The molecule has 0 atom stereocenters. The van der Waals surface area contributed by atoms with E-state index < -0.39 is 0 Å². The van der Waals surface area contributed by atoms with Crippen LogP contribution in [-0.2, 0) is 5.41 Å². The molecule has 11 heavy (non-hydrogen) atoms. The number of hydrogen-bond acceptors (Lipinski definition) is 5. The average Bonchev–Trinajstić information content (AvgIpc) is 2.32. The van der Waals surface area contributed by atoms with Gasteiger partial charge < -0.3 is 4.84 Å². The van der Waals surface area contributed by atoms with Crippen molar-refractivity contribution < 1.29 is 4.84 Å². The van der Waals surface area contributed by atoms with Gasteiger partial charge in [-0.05, 0) is 0 Å². The summed E-state index contributed by atoms with van der Waals surface area (Å²) in [6, 6.07) is 0. The minimum Gasteiger partial charge on any atom is -0.378 e. The quantitative estimate of drug-likeness (QED) is 0.646. The van der Waals surface area contributed by atoms with Gasteiger partial charge in [0.1, 0.15) is 0 Å². The van der Waals surface area contributed by atoms with Crippen molar-refractivity contribution in [3.63, 3.8) is 0 Å². The second-order valence-corrected chi connectivity index (χ2v) is 3.97. The number of hydrogen-bond donors (Lipinski definition) is 1. The zero-order valence-electron chi connectivity index (χ0n) is 6.79. The fourth-order valence-corrected chi connectivity index (χ4v) is 1.21. The maximum atomic E-state index is 4.91. The molecule has 5 heteroatoms. The molecule has 0 saturated heterocycles. The lowest BCUT2D eigenvalue weighted by molar-refractivity contribution is 0.330. The topological polar surface area (TPSA) is 61.0 Å².